The van der Waals surface area contributed by atoms with E-state index in [9.17, 15) is 0 Å². The van der Waals surface area contributed by atoms with Crippen molar-refractivity contribution in [1.29, 1.82) is 0 Å². The normalized spacial score (nSPS) is 12.6. The molecular weight excluding hydrogens is 277 g/mol. The molecule has 1 N–H and O–H groups in total. The first-order chi connectivity index (χ1) is 8.15. The van der Waals surface area contributed by atoms with Crippen LogP contribution in [0.25, 0.3) is 0 Å². The van der Waals surface area contributed by atoms with Crippen LogP contribution in [0.2, 0.25) is 8.67 Å². The van der Waals surface area contributed by atoms with Crippen LogP contribution in [0.1, 0.15) is 24.9 Å². The van der Waals surface area contributed by atoms with Crippen LogP contribution in [0.5, 0.6) is 0 Å². The van der Waals surface area contributed by atoms with Crippen molar-refractivity contribution in [2.75, 3.05) is 19.8 Å². The molecule has 0 radical (unpaired) electrons. The average Bonchev–Trinajstić information content (AvgIpc) is 2.62. The van der Waals surface area contributed by atoms with Gasteiger partial charge in [-0.2, -0.15) is 0 Å². The second kappa shape index (κ2) is 8.11. The van der Waals surface area contributed by atoms with Crippen LogP contribution in [-0.4, -0.2) is 19.8 Å². The number of halogens is 2. The Morgan fingerprint density at radius 1 is 1.53 bits per heavy atom. The number of ether oxygens (including phenoxy) is 1. The highest BCUT2D eigenvalue weighted by Gasteiger charge is 2.12. The molecule has 0 spiro atoms. The number of rotatable bonds is 8. The number of hydrogen-bond donors (Lipinski definition) is 1. The minimum Gasteiger partial charge on any atom is -0.380 e. The predicted molar refractivity (Wildman–Crippen MR) is 76.4 cm³/mol. The van der Waals surface area contributed by atoms with Crippen molar-refractivity contribution >= 4 is 34.5 Å². The SMILES string of the molecule is C=CCCOCCNC(C)c1cc(Cl)sc1Cl. The van der Waals surface area contributed by atoms with Gasteiger partial charge in [-0.3, -0.25) is 0 Å². The molecule has 0 aliphatic heterocycles. The molecule has 0 saturated heterocycles. The molecule has 1 aromatic heterocycles. The van der Waals surface area contributed by atoms with Crippen LogP contribution < -0.4 is 5.32 Å². The van der Waals surface area contributed by atoms with Gasteiger partial charge in [0.1, 0.15) is 0 Å². The molecule has 0 fully saturated rings. The van der Waals surface area contributed by atoms with Gasteiger partial charge in [0.05, 0.1) is 21.9 Å². The van der Waals surface area contributed by atoms with E-state index < -0.39 is 0 Å². The first kappa shape index (κ1) is 15.0. The van der Waals surface area contributed by atoms with Crippen molar-refractivity contribution in [1.82, 2.24) is 5.32 Å². The van der Waals surface area contributed by atoms with Crippen molar-refractivity contribution < 1.29 is 4.74 Å². The summed E-state index contributed by atoms with van der Waals surface area (Å²) in [5.74, 6) is 0. The Labute approximate surface area is 117 Å². The molecule has 0 aromatic carbocycles. The molecule has 0 saturated carbocycles. The zero-order valence-corrected chi connectivity index (χ0v) is 12.2. The zero-order valence-electron chi connectivity index (χ0n) is 9.84. The Bertz CT molecular complexity index is 354. The Morgan fingerprint density at radius 2 is 2.29 bits per heavy atom. The van der Waals surface area contributed by atoms with Crippen molar-refractivity contribution in [3.63, 3.8) is 0 Å². The summed E-state index contributed by atoms with van der Waals surface area (Å²) in [6.07, 6.45) is 2.74. The maximum absolute atomic E-state index is 6.07. The molecule has 0 aliphatic rings. The van der Waals surface area contributed by atoms with Crippen molar-refractivity contribution in [3.8, 4) is 0 Å². The third-order valence-electron chi connectivity index (χ3n) is 2.31. The summed E-state index contributed by atoms with van der Waals surface area (Å²) in [6, 6.07) is 2.10. The Kier molecular flexibility index (Phi) is 7.16. The summed E-state index contributed by atoms with van der Waals surface area (Å²) in [5, 5.41) is 3.34. The van der Waals surface area contributed by atoms with Crippen LogP contribution in [-0.2, 0) is 4.74 Å². The average molecular weight is 294 g/mol. The van der Waals surface area contributed by atoms with Crippen molar-refractivity contribution in [2.45, 2.75) is 19.4 Å². The van der Waals surface area contributed by atoms with E-state index in [1.54, 1.807) is 0 Å². The molecule has 1 rings (SSSR count). The summed E-state index contributed by atoms with van der Waals surface area (Å²) in [4.78, 5) is 0. The quantitative estimate of drug-likeness (QED) is 0.570. The van der Waals surface area contributed by atoms with E-state index in [4.69, 9.17) is 27.9 Å². The maximum atomic E-state index is 6.07. The molecule has 1 heterocycles. The first-order valence-electron chi connectivity index (χ1n) is 5.52. The summed E-state index contributed by atoms with van der Waals surface area (Å²) < 4.78 is 6.88. The van der Waals surface area contributed by atoms with Gasteiger partial charge in [-0.05, 0) is 25.0 Å². The minimum atomic E-state index is 0.189. The summed E-state index contributed by atoms with van der Waals surface area (Å²) >= 11 is 13.4. The van der Waals surface area contributed by atoms with E-state index in [1.807, 2.05) is 12.1 Å². The largest absolute Gasteiger partial charge is 0.380 e. The second-order valence-corrected chi connectivity index (χ2v) is 5.93. The van der Waals surface area contributed by atoms with Crippen molar-refractivity contribution in [2.24, 2.45) is 0 Å². The third-order valence-corrected chi connectivity index (χ3v) is 3.83. The van der Waals surface area contributed by atoms with E-state index in [1.165, 1.54) is 11.3 Å². The summed E-state index contributed by atoms with van der Waals surface area (Å²) in [6.45, 7) is 7.91. The van der Waals surface area contributed by atoms with Crippen LogP contribution in [0.3, 0.4) is 0 Å². The Morgan fingerprint density at radius 3 is 2.88 bits per heavy atom. The highest BCUT2D eigenvalue weighted by Crippen LogP contribution is 2.34. The molecule has 0 amide bonds. The highest BCUT2D eigenvalue weighted by molar-refractivity contribution is 7.20. The second-order valence-electron chi connectivity index (χ2n) is 3.65. The topological polar surface area (TPSA) is 21.3 Å². The molecule has 17 heavy (non-hydrogen) atoms. The lowest BCUT2D eigenvalue weighted by Gasteiger charge is -2.13. The van der Waals surface area contributed by atoms with Gasteiger partial charge in [0.25, 0.3) is 0 Å². The Balaban J connectivity index is 2.23. The minimum absolute atomic E-state index is 0.189. The molecule has 1 aromatic rings. The van der Waals surface area contributed by atoms with E-state index >= 15 is 0 Å². The summed E-state index contributed by atoms with van der Waals surface area (Å²) in [7, 11) is 0. The fourth-order valence-corrected chi connectivity index (χ4v) is 3.02. The molecule has 96 valence electrons. The van der Waals surface area contributed by atoms with Gasteiger partial charge in [-0.15, -0.1) is 17.9 Å². The molecule has 1 atom stereocenters. The lowest BCUT2D eigenvalue weighted by atomic mass is 10.2. The number of hydrogen-bond acceptors (Lipinski definition) is 3. The Hall–Kier alpha value is -0.0600. The van der Waals surface area contributed by atoms with Gasteiger partial charge in [-0.25, -0.2) is 0 Å². The molecule has 2 nitrogen and oxygen atoms in total. The maximum Gasteiger partial charge on any atom is 0.0991 e. The van der Waals surface area contributed by atoms with Crippen LogP contribution in [0.4, 0.5) is 0 Å². The fourth-order valence-electron chi connectivity index (χ4n) is 1.37. The van der Waals surface area contributed by atoms with E-state index in [-0.39, 0.29) is 6.04 Å². The molecular formula is C12H17Cl2NOS. The van der Waals surface area contributed by atoms with E-state index in [0.29, 0.717) is 6.61 Å². The smallest absolute Gasteiger partial charge is 0.0991 e. The third kappa shape index (κ3) is 5.40. The van der Waals surface area contributed by atoms with Gasteiger partial charge < -0.3 is 10.1 Å². The van der Waals surface area contributed by atoms with Gasteiger partial charge in [0, 0.05) is 12.6 Å². The highest BCUT2D eigenvalue weighted by atomic mass is 35.5. The van der Waals surface area contributed by atoms with Gasteiger partial charge >= 0.3 is 0 Å². The molecule has 5 heteroatoms. The lowest BCUT2D eigenvalue weighted by molar-refractivity contribution is 0.138. The monoisotopic (exact) mass is 293 g/mol. The van der Waals surface area contributed by atoms with Crippen molar-refractivity contribution in [3.05, 3.63) is 33.0 Å². The van der Waals surface area contributed by atoms with E-state index in [2.05, 4.69) is 18.8 Å². The van der Waals surface area contributed by atoms with Gasteiger partial charge in [0.15, 0.2) is 0 Å². The number of thiophene rings is 1. The zero-order chi connectivity index (χ0) is 12.7. The van der Waals surface area contributed by atoms with Gasteiger partial charge in [0.2, 0.25) is 0 Å². The fraction of sp³-hybridized carbons (Fsp3) is 0.500. The predicted octanol–water partition coefficient (Wildman–Crippen LogP) is 4.30. The molecule has 0 bridgehead atoms. The summed E-state index contributed by atoms with van der Waals surface area (Å²) in [5.41, 5.74) is 1.05. The standard InChI is InChI=1S/C12H17Cl2NOS/c1-3-4-6-16-7-5-15-9(2)10-8-11(13)17-12(10)14/h3,8-9,15H,1,4-7H2,2H3. The first-order valence-corrected chi connectivity index (χ1v) is 7.09. The van der Waals surface area contributed by atoms with Crippen LogP contribution >= 0.6 is 34.5 Å². The molecule has 0 aliphatic carbocycles. The van der Waals surface area contributed by atoms with E-state index in [0.717, 1.165) is 33.8 Å². The van der Waals surface area contributed by atoms with Crippen LogP contribution in [0.15, 0.2) is 18.7 Å². The lowest BCUT2D eigenvalue weighted by Crippen LogP contribution is -2.23. The number of nitrogens with one attached hydrogen (secondary N) is 1. The molecule has 1 unspecified atom stereocenters. The van der Waals surface area contributed by atoms with Crippen LogP contribution in [0, 0.1) is 0 Å². The van der Waals surface area contributed by atoms with Gasteiger partial charge in [-0.1, -0.05) is 29.3 Å².